The first-order chi connectivity index (χ1) is 8.74. The monoisotopic (exact) mass is 248 g/mol. The zero-order chi connectivity index (χ0) is 13.4. The molecule has 0 fully saturated rings. The largest absolute Gasteiger partial charge is 0.392 e. The number of carbonyl (C=O) groups is 2. The summed E-state index contributed by atoms with van der Waals surface area (Å²) in [7, 11) is 0. The minimum atomic E-state index is -0.493. The number of hydrogen-bond acceptors (Lipinski definition) is 4. The molecule has 0 saturated heterocycles. The van der Waals surface area contributed by atoms with Crippen LogP contribution in [-0.4, -0.2) is 30.5 Å². The van der Waals surface area contributed by atoms with Gasteiger partial charge in [-0.05, 0) is 18.2 Å². The molecule has 1 amide bonds. The number of aldehydes is 1. The summed E-state index contributed by atoms with van der Waals surface area (Å²) in [6, 6.07) is 8.93. The van der Waals surface area contributed by atoms with E-state index >= 15 is 0 Å². The summed E-state index contributed by atoms with van der Waals surface area (Å²) in [5, 5.41) is 10.1. The van der Waals surface area contributed by atoms with Crippen molar-refractivity contribution in [1.82, 2.24) is 5.43 Å². The summed E-state index contributed by atoms with van der Waals surface area (Å²) in [4.78, 5) is 22.9. The van der Waals surface area contributed by atoms with Crippen LogP contribution < -0.4 is 10.4 Å². The highest BCUT2D eigenvalue weighted by Crippen LogP contribution is 2.13. The van der Waals surface area contributed by atoms with Crippen molar-refractivity contribution in [2.45, 2.75) is 6.92 Å². The van der Waals surface area contributed by atoms with Crippen LogP contribution in [0.15, 0.2) is 42.0 Å². The van der Waals surface area contributed by atoms with Gasteiger partial charge in [-0.15, -0.1) is 0 Å². The molecule has 0 aromatic heterocycles. The lowest BCUT2D eigenvalue weighted by atomic mass is 10.2. The average Bonchev–Trinajstić information content (AvgIpc) is 2.42. The third-order valence-electron chi connectivity index (χ3n) is 2.22. The minimum Gasteiger partial charge on any atom is -0.392 e. The number of hydrazine groups is 1. The van der Waals surface area contributed by atoms with E-state index < -0.39 is 5.91 Å². The van der Waals surface area contributed by atoms with E-state index in [1.807, 2.05) is 13.0 Å². The Kier molecular flexibility index (Phi) is 5.76. The van der Waals surface area contributed by atoms with E-state index in [0.717, 1.165) is 0 Å². The first-order valence-electron chi connectivity index (χ1n) is 5.63. The van der Waals surface area contributed by atoms with Crippen molar-refractivity contribution in [2.24, 2.45) is 0 Å². The van der Waals surface area contributed by atoms with Crippen LogP contribution in [0.25, 0.3) is 0 Å². The Morgan fingerprint density at radius 3 is 2.56 bits per heavy atom. The van der Waals surface area contributed by atoms with Crippen molar-refractivity contribution >= 4 is 17.9 Å². The Balaban J connectivity index is 3.02. The number of rotatable bonds is 6. The van der Waals surface area contributed by atoms with Gasteiger partial charge in [0, 0.05) is 6.54 Å². The highest BCUT2D eigenvalue weighted by Gasteiger charge is 2.18. The summed E-state index contributed by atoms with van der Waals surface area (Å²) in [5.41, 5.74) is 3.43. The summed E-state index contributed by atoms with van der Waals surface area (Å²) in [6.45, 7) is 2.03. The van der Waals surface area contributed by atoms with Crippen molar-refractivity contribution < 1.29 is 14.7 Å². The zero-order valence-corrected chi connectivity index (χ0v) is 10.2. The van der Waals surface area contributed by atoms with Crippen LogP contribution in [0.1, 0.15) is 6.92 Å². The SMILES string of the molecule is CCNN(C(=O)/C(C=O)=C/CO)c1ccccc1. The molecule has 5 heteroatoms. The molecule has 0 saturated carbocycles. The van der Waals surface area contributed by atoms with E-state index in [1.54, 1.807) is 24.3 Å². The second-order valence-electron chi connectivity index (χ2n) is 3.45. The molecule has 0 bridgehead atoms. The molecular formula is C13H16N2O3. The number of carbonyl (C=O) groups excluding carboxylic acids is 2. The maximum absolute atomic E-state index is 12.1. The molecule has 96 valence electrons. The van der Waals surface area contributed by atoms with Crippen molar-refractivity contribution in [1.29, 1.82) is 0 Å². The number of nitrogens with zero attached hydrogens (tertiary/aromatic N) is 1. The molecular weight excluding hydrogens is 232 g/mol. The number of para-hydroxylation sites is 1. The molecule has 0 aliphatic rings. The van der Waals surface area contributed by atoms with Gasteiger partial charge in [0.1, 0.15) is 0 Å². The summed E-state index contributed by atoms with van der Waals surface area (Å²) in [5.74, 6) is -0.493. The van der Waals surface area contributed by atoms with E-state index in [1.165, 1.54) is 11.1 Å². The molecule has 1 aromatic carbocycles. The fourth-order valence-corrected chi connectivity index (χ4v) is 1.43. The van der Waals surface area contributed by atoms with Crippen LogP contribution in [0.4, 0.5) is 5.69 Å². The number of amides is 1. The molecule has 0 radical (unpaired) electrons. The smallest absolute Gasteiger partial charge is 0.275 e. The lowest BCUT2D eigenvalue weighted by Gasteiger charge is -2.22. The topological polar surface area (TPSA) is 69.6 Å². The van der Waals surface area contributed by atoms with Gasteiger partial charge in [-0.1, -0.05) is 25.1 Å². The van der Waals surface area contributed by atoms with Crippen LogP contribution in [0.5, 0.6) is 0 Å². The van der Waals surface area contributed by atoms with Gasteiger partial charge in [-0.2, -0.15) is 0 Å². The summed E-state index contributed by atoms with van der Waals surface area (Å²) in [6.07, 6.45) is 1.62. The van der Waals surface area contributed by atoms with Gasteiger partial charge in [0.05, 0.1) is 17.9 Å². The number of aliphatic hydroxyl groups excluding tert-OH is 1. The molecule has 1 rings (SSSR count). The first-order valence-corrected chi connectivity index (χ1v) is 5.63. The van der Waals surface area contributed by atoms with Gasteiger partial charge < -0.3 is 5.11 Å². The highest BCUT2D eigenvalue weighted by molar-refractivity contribution is 6.17. The van der Waals surface area contributed by atoms with Gasteiger partial charge in [0.2, 0.25) is 0 Å². The molecule has 0 spiro atoms. The molecule has 0 aliphatic carbocycles. The Labute approximate surface area is 106 Å². The number of nitrogens with one attached hydrogen (secondary N) is 1. The number of anilines is 1. The molecule has 1 aromatic rings. The van der Waals surface area contributed by atoms with Crippen molar-refractivity contribution in [3.05, 3.63) is 42.0 Å². The standard InChI is InChI=1S/C13H16N2O3/c1-2-14-15(12-6-4-3-5-7-12)13(18)11(10-17)8-9-16/h3-8,10,14,16H,2,9H2,1H3/b11-8+. The van der Waals surface area contributed by atoms with Crippen molar-refractivity contribution in [3.63, 3.8) is 0 Å². The van der Waals surface area contributed by atoms with Crippen LogP contribution >= 0.6 is 0 Å². The summed E-state index contributed by atoms with van der Waals surface area (Å²) < 4.78 is 0. The second kappa shape index (κ2) is 7.37. The fraction of sp³-hybridized carbons (Fsp3) is 0.231. The molecule has 0 atom stereocenters. The third-order valence-corrected chi connectivity index (χ3v) is 2.22. The van der Waals surface area contributed by atoms with Crippen molar-refractivity contribution in [2.75, 3.05) is 18.2 Å². The Hall–Kier alpha value is -1.98. The zero-order valence-electron chi connectivity index (χ0n) is 10.2. The Bertz CT molecular complexity index is 429. The quantitative estimate of drug-likeness (QED) is 0.255. The summed E-state index contributed by atoms with van der Waals surface area (Å²) >= 11 is 0. The lowest BCUT2D eigenvalue weighted by Crippen LogP contribution is -2.44. The molecule has 2 N–H and O–H groups in total. The van der Waals surface area contributed by atoms with Crippen LogP contribution in [-0.2, 0) is 9.59 Å². The van der Waals surface area contributed by atoms with Crippen LogP contribution in [0, 0.1) is 0 Å². The minimum absolute atomic E-state index is 0.0812. The number of benzene rings is 1. The third kappa shape index (κ3) is 3.51. The highest BCUT2D eigenvalue weighted by atomic mass is 16.2. The molecule has 0 unspecified atom stereocenters. The van der Waals surface area contributed by atoms with E-state index in [4.69, 9.17) is 5.11 Å². The molecule has 0 heterocycles. The van der Waals surface area contributed by atoms with Gasteiger partial charge in [-0.25, -0.2) is 10.4 Å². The van der Waals surface area contributed by atoms with Gasteiger partial charge in [-0.3, -0.25) is 9.59 Å². The molecule has 5 nitrogen and oxygen atoms in total. The van der Waals surface area contributed by atoms with E-state index in [0.29, 0.717) is 18.5 Å². The number of aliphatic hydroxyl groups is 1. The van der Waals surface area contributed by atoms with Crippen molar-refractivity contribution in [3.8, 4) is 0 Å². The van der Waals surface area contributed by atoms with Crippen LogP contribution in [0.2, 0.25) is 0 Å². The van der Waals surface area contributed by atoms with E-state index in [2.05, 4.69) is 5.43 Å². The van der Waals surface area contributed by atoms with Crippen LogP contribution in [0.3, 0.4) is 0 Å². The predicted octanol–water partition coefficient (Wildman–Crippen LogP) is 0.662. The van der Waals surface area contributed by atoms with Gasteiger partial charge in [0.15, 0.2) is 6.29 Å². The fourth-order valence-electron chi connectivity index (χ4n) is 1.43. The maximum atomic E-state index is 12.1. The number of hydrogen-bond donors (Lipinski definition) is 2. The first kappa shape index (κ1) is 14.1. The predicted molar refractivity (Wildman–Crippen MR) is 68.8 cm³/mol. The molecule has 18 heavy (non-hydrogen) atoms. The lowest BCUT2D eigenvalue weighted by molar-refractivity contribution is -0.117. The van der Waals surface area contributed by atoms with E-state index in [9.17, 15) is 9.59 Å². The average molecular weight is 248 g/mol. The Morgan fingerprint density at radius 2 is 2.06 bits per heavy atom. The normalized spacial score (nSPS) is 11.1. The molecule has 0 aliphatic heterocycles. The van der Waals surface area contributed by atoms with E-state index in [-0.39, 0.29) is 12.2 Å². The van der Waals surface area contributed by atoms with Gasteiger partial charge in [0.25, 0.3) is 5.91 Å². The maximum Gasteiger partial charge on any atom is 0.275 e. The Morgan fingerprint density at radius 1 is 1.39 bits per heavy atom. The van der Waals surface area contributed by atoms with Gasteiger partial charge >= 0.3 is 0 Å². The second-order valence-corrected chi connectivity index (χ2v) is 3.45.